The van der Waals surface area contributed by atoms with E-state index in [0.717, 1.165) is 26.1 Å². The number of hydrogen-bond donors (Lipinski definition) is 1. The van der Waals surface area contributed by atoms with E-state index in [0.29, 0.717) is 42.4 Å². The molecule has 0 bridgehead atoms. The van der Waals surface area contributed by atoms with Crippen molar-refractivity contribution < 1.29 is 28.5 Å². The van der Waals surface area contributed by atoms with Gasteiger partial charge in [0.1, 0.15) is 6.10 Å². The molecule has 1 N–H and O–H groups in total. The standard InChI is InChI=1S/C36H63NO6Si/c1-23(30-40-21-33(5,6)22-41-30)26-13-14-27-25-15-18-36(39)20-24(42-31(38)37(9)10)19-29(43-44(11,12)32(2,3)4)35(36,8)28(25)16-17-34(26,27)7/h15,18,23-30,39H,13-14,16-17,19-22H2,1-12H3/t23?,24-,25-,26+,27-,28-,29-,34+,35-,36+/m0/s1. The number of carbonyl (C=O) groups excluding carboxylic acids is 1. The molecule has 1 aliphatic heterocycles. The number of rotatable bonds is 5. The van der Waals surface area contributed by atoms with E-state index in [1.807, 2.05) is 0 Å². The maximum atomic E-state index is 12.7. The highest BCUT2D eigenvalue weighted by atomic mass is 28.4. The Morgan fingerprint density at radius 3 is 2.27 bits per heavy atom. The Morgan fingerprint density at radius 1 is 1.05 bits per heavy atom. The van der Waals surface area contributed by atoms with Crippen LogP contribution in [0.4, 0.5) is 4.79 Å². The van der Waals surface area contributed by atoms with Crippen LogP contribution in [0.5, 0.6) is 0 Å². The summed E-state index contributed by atoms with van der Waals surface area (Å²) in [6.45, 7) is 24.5. The van der Waals surface area contributed by atoms with Crippen molar-refractivity contribution in [1.29, 1.82) is 0 Å². The molecule has 1 saturated heterocycles. The van der Waals surface area contributed by atoms with Crippen LogP contribution in [0.25, 0.3) is 0 Å². The fraction of sp³-hybridized carbons (Fsp3) is 0.917. The number of hydrogen-bond acceptors (Lipinski definition) is 6. The van der Waals surface area contributed by atoms with Crippen LogP contribution in [0, 0.1) is 45.8 Å². The van der Waals surface area contributed by atoms with Gasteiger partial charge in [-0.3, -0.25) is 0 Å². The van der Waals surface area contributed by atoms with Gasteiger partial charge in [0.2, 0.25) is 0 Å². The van der Waals surface area contributed by atoms with Crippen LogP contribution in [-0.2, 0) is 18.6 Å². The second-order valence-corrected chi connectivity index (χ2v) is 23.1. The van der Waals surface area contributed by atoms with E-state index in [2.05, 4.69) is 80.6 Å². The van der Waals surface area contributed by atoms with Gasteiger partial charge in [0.05, 0.1) is 24.9 Å². The molecule has 5 rings (SSSR count). The van der Waals surface area contributed by atoms with Crippen LogP contribution in [0.1, 0.15) is 93.9 Å². The molecule has 8 heteroatoms. The molecule has 4 aliphatic carbocycles. The lowest BCUT2D eigenvalue weighted by molar-refractivity contribution is -0.254. The van der Waals surface area contributed by atoms with Crippen molar-refractivity contribution >= 4 is 14.4 Å². The number of amides is 1. The fourth-order valence-electron chi connectivity index (χ4n) is 9.80. The first-order chi connectivity index (χ1) is 20.2. The van der Waals surface area contributed by atoms with Crippen molar-refractivity contribution in [2.75, 3.05) is 27.3 Å². The maximum Gasteiger partial charge on any atom is 0.409 e. The number of carbonyl (C=O) groups is 1. The number of allylic oxidation sites excluding steroid dienone is 1. The van der Waals surface area contributed by atoms with Gasteiger partial charge in [-0.25, -0.2) is 4.79 Å². The highest BCUT2D eigenvalue weighted by molar-refractivity contribution is 6.74. The summed E-state index contributed by atoms with van der Waals surface area (Å²) in [5.41, 5.74) is -1.31. The SMILES string of the molecule is CC(C1OCC(C)(C)CO1)[C@H]1CC[C@H]2[C@@H]3C=C[C@@]4(O)C[C@@H](OC(=O)N(C)C)C[C@H](O[Si](C)(C)C(C)(C)C)[C@]4(C)[C@H]3CC[C@]12C. The summed E-state index contributed by atoms with van der Waals surface area (Å²) in [7, 11) is 1.21. The van der Waals surface area contributed by atoms with E-state index in [1.54, 1.807) is 14.1 Å². The first kappa shape index (κ1) is 34.4. The molecule has 44 heavy (non-hydrogen) atoms. The topological polar surface area (TPSA) is 77.5 Å². The lowest BCUT2D eigenvalue weighted by Gasteiger charge is -2.65. The number of aliphatic hydroxyl groups is 1. The molecular formula is C36H63NO6Si. The highest BCUT2D eigenvalue weighted by Crippen LogP contribution is 2.68. The summed E-state index contributed by atoms with van der Waals surface area (Å²) in [6, 6.07) is 0. The Hall–Kier alpha value is -0.933. The minimum absolute atomic E-state index is 0.0249. The first-order valence-electron chi connectivity index (χ1n) is 17.4. The predicted molar refractivity (Wildman–Crippen MR) is 177 cm³/mol. The molecule has 1 heterocycles. The normalized spacial score (nSPS) is 43.0. The summed E-state index contributed by atoms with van der Waals surface area (Å²) in [4.78, 5) is 14.2. The summed E-state index contributed by atoms with van der Waals surface area (Å²) < 4.78 is 25.9. The van der Waals surface area contributed by atoms with E-state index >= 15 is 0 Å². The molecule has 0 spiro atoms. The second-order valence-electron chi connectivity index (χ2n) is 18.3. The van der Waals surface area contributed by atoms with Crippen molar-refractivity contribution in [3.63, 3.8) is 0 Å². The molecule has 0 radical (unpaired) electrons. The zero-order valence-corrected chi connectivity index (χ0v) is 30.9. The van der Waals surface area contributed by atoms with Crippen molar-refractivity contribution in [1.82, 2.24) is 4.90 Å². The zero-order chi connectivity index (χ0) is 32.7. The van der Waals surface area contributed by atoms with E-state index in [1.165, 1.54) is 17.7 Å². The fourth-order valence-corrected chi connectivity index (χ4v) is 11.2. The van der Waals surface area contributed by atoms with Gasteiger partial charge in [0, 0.05) is 43.7 Å². The average molecular weight is 634 g/mol. The van der Waals surface area contributed by atoms with Crippen molar-refractivity contribution in [2.24, 2.45) is 45.8 Å². The minimum Gasteiger partial charge on any atom is -0.446 e. The Balaban J connectivity index is 1.45. The lowest BCUT2D eigenvalue weighted by Crippen LogP contribution is -2.68. The minimum atomic E-state index is -2.21. The van der Waals surface area contributed by atoms with Gasteiger partial charge in [-0.2, -0.15) is 0 Å². The maximum absolute atomic E-state index is 12.7. The lowest BCUT2D eigenvalue weighted by atomic mass is 9.44. The van der Waals surface area contributed by atoms with Crippen LogP contribution in [0.3, 0.4) is 0 Å². The van der Waals surface area contributed by atoms with Crippen LogP contribution in [0.15, 0.2) is 12.2 Å². The zero-order valence-electron chi connectivity index (χ0n) is 29.9. The monoisotopic (exact) mass is 633 g/mol. The van der Waals surface area contributed by atoms with E-state index < -0.39 is 25.4 Å². The molecule has 7 nitrogen and oxygen atoms in total. The Bertz CT molecular complexity index is 1110. The third-order valence-corrected chi connectivity index (χ3v) is 18.1. The van der Waals surface area contributed by atoms with Gasteiger partial charge in [0.25, 0.3) is 0 Å². The largest absolute Gasteiger partial charge is 0.446 e. The van der Waals surface area contributed by atoms with Crippen LogP contribution >= 0.6 is 0 Å². The molecule has 10 atom stereocenters. The summed E-state index contributed by atoms with van der Waals surface area (Å²) in [6.07, 6.45) is 8.98. The van der Waals surface area contributed by atoms with E-state index in [4.69, 9.17) is 18.6 Å². The quantitative estimate of drug-likeness (QED) is 0.248. The molecule has 1 unspecified atom stereocenters. The van der Waals surface area contributed by atoms with Gasteiger partial charge < -0.3 is 28.6 Å². The Labute approximate surface area is 268 Å². The Kier molecular flexibility index (Phi) is 8.87. The van der Waals surface area contributed by atoms with Crippen molar-refractivity contribution in [3.05, 3.63) is 12.2 Å². The average Bonchev–Trinajstić information content (AvgIpc) is 3.25. The van der Waals surface area contributed by atoms with Crippen LogP contribution in [-0.4, -0.2) is 75.8 Å². The number of nitrogens with zero attached hydrogens (tertiary/aromatic N) is 1. The molecule has 0 aromatic carbocycles. The molecule has 0 aromatic heterocycles. The number of ether oxygens (including phenoxy) is 3. The second kappa shape index (κ2) is 11.3. The number of fused-ring (bicyclic) bond motifs is 5. The summed E-state index contributed by atoms with van der Waals surface area (Å²) in [5.74, 6) is 2.11. The molecule has 5 aliphatic rings. The van der Waals surface area contributed by atoms with Gasteiger partial charge in [-0.1, -0.05) is 67.5 Å². The van der Waals surface area contributed by atoms with E-state index in [-0.39, 0.29) is 34.4 Å². The molecule has 252 valence electrons. The molecule has 3 saturated carbocycles. The van der Waals surface area contributed by atoms with Crippen molar-refractivity contribution in [2.45, 2.75) is 136 Å². The smallest absolute Gasteiger partial charge is 0.409 e. The molecular weight excluding hydrogens is 570 g/mol. The molecule has 0 aromatic rings. The highest BCUT2D eigenvalue weighted by Gasteiger charge is 2.67. The summed E-state index contributed by atoms with van der Waals surface area (Å²) in [5, 5.41) is 12.7. The first-order valence-corrected chi connectivity index (χ1v) is 20.3. The molecule has 4 fully saturated rings. The third-order valence-electron chi connectivity index (χ3n) is 13.6. The van der Waals surface area contributed by atoms with Gasteiger partial charge in [-0.05, 0) is 72.9 Å². The Morgan fingerprint density at radius 2 is 1.68 bits per heavy atom. The van der Waals surface area contributed by atoms with Gasteiger partial charge in [-0.15, -0.1) is 0 Å². The summed E-state index contributed by atoms with van der Waals surface area (Å²) >= 11 is 0. The third kappa shape index (κ3) is 5.65. The van der Waals surface area contributed by atoms with E-state index in [9.17, 15) is 9.90 Å². The van der Waals surface area contributed by atoms with Crippen LogP contribution in [0.2, 0.25) is 18.1 Å². The predicted octanol–water partition coefficient (Wildman–Crippen LogP) is 7.64. The van der Waals surface area contributed by atoms with Crippen molar-refractivity contribution in [3.8, 4) is 0 Å². The van der Waals surface area contributed by atoms with Gasteiger partial charge >= 0.3 is 6.09 Å². The van der Waals surface area contributed by atoms with Crippen LogP contribution < -0.4 is 0 Å². The van der Waals surface area contributed by atoms with Gasteiger partial charge in [0.15, 0.2) is 14.6 Å². The molecule has 1 amide bonds.